The van der Waals surface area contributed by atoms with Gasteiger partial charge in [0.25, 0.3) is 0 Å². The zero-order valence-electron chi connectivity index (χ0n) is 18.5. The zero-order valence-corrected chi connectivity index (χ0v) is 19.2. The van der Waals surface area contributed by atoms with E-state index >= 15 is 0 Å². The molecule has 1 aliphatic heterocycles. The summed E-state index contributed by atoms with van der Waals surface area (Å²) >= 11 is 6.63. The Hall–Kier alpha value is -3.59. The number of amides is 1. The number of fused-ring (bicyclic) bond motifs is 1. The van der Waals surface area contributed by atoms with Crippen molar-refractivity contribution in [1.82, 2.24) is 19.9 Å². The molecular weight excluding hydrogens is 462 g/mol. The lowest BCUT2D eigenvalue weighted by Crippen LogP contribution is -2.26. The molecule has 0 aliphatic carbocycles. The lowest BCUT2D eigenvalue weighted by molar-refractivity contribution is -0.117. The van der Waals surface area contributed by atoms with Crippen molar-refractivity contribution in [3.05, 3.63) is 64.7 Å². The van der Waals surface area contributed by atoms with Crippen LogP contribution < -0.4 is 10.2 Å². The monoisotopic (exact) mass is 482 g/mol. The number of H-pyrrole nitrogens is 1. The van der Waals surface area contributed by atoms with Gasteiger partial charge < -0.3 is 15.2 Å². The zero-order chi connectivity index (χ0) is 24.0. The van der Waals surface area contributed by atoms with E-state index in [1.165, 1.54) is 24.8 Å². The normalized spacial score (nSPS) is 14.7. The van der Waals surface area contributed by atoms with Crippen LogP contribution in [0.25, 0.3) is 22.3 Å². The third-order valence-electron chi connectivity index (χ3n) is 6.05. The number of nitrogens with zero attached hydrogens (tertiary/aromatic N) is 4. The summed E-state index contributed by atoms with van der Waals surface area (Å²) in [5.74, 6) is -0.974. The second-order valence-electron chi connectivity index (χ2n) is 8.29. The van der Waals surface area contributed by atoms with E-state index in [4.69, 9.17) is 11.6 Å². The van der Waals surface area contributed by atoms with Crippen LogP contribution in [0.1, 0.15) is 36.9 Å². The van der Waals surface area contributed by atoms with E-state index in [9.17, 15) is 13.6 Å². The Labute approximate surface area is 199 Å². The fraction of sp³-hybridized carbons (Fsp3) is 0.250. The SMILES string of the molecule is Cc1c(Cl)cc(C(C)Nc2ncnc3[nH]cnc23)c(-c2cc(F)cc(F)c2)c1N1CCCC1=O. The maximum absolute atomic E-state index is 14.3. The lowest BCUT2D eigenvalue weighted by Gasteiger charge is -2.28. The first-order valence-corrected chi connectivity index (χ1v) is 11.2. The van der Waals surface area contributed by atoms with Crippen LogP contribution in [-0.4, -0.2) is 32.4 Å². The molecule has 3 heterocycles. The van der Waals surface area contributed by atoms with Crippen molar-refractivity contribution in [3.8, 4) is 11.1 Å². The third kappa shape index (κ3) is 3.86. The number of benzene rings is 2. The quantitative estimate of drug-likeness (QED) is 0.389. The van der Waals surface area contributed by atoms with E-state index in [-0.39, 0.29) is 5.91 Å². The molecule has 1 amide bonds. The molecule has 2 aromatic carbocycles. The molecule has 2 N–H and O–H groups in total. The molecule has 1 aliphatic rings. The minimum atomic E-state index is -0.707. The van der Waals surface area contributed by atoms with E-state index in [1.807, 2.05) is 13.8 Å². The molecular formula is C24H21ClF2N6O. The van der Waals surface area contributed by atoms with E-state index in [0.29, 0.717) is 69.3 Å². The van der Waals surface area contributed by atoms with Crippen molar-refractivity contribution in [2.24, 2.45) is 0 Å². The van der Waals surface area contributed by atoms with Gasteiger partial charge in [-0.05, 0) is 55.2 Å². The van der Waals surface area contributed by atoms with Gasteiger partial charge in [-0.25, -0.2) is 23.7 Å². The summed E-state index contributed by atoms with van der Waals surface area (Å²) in [4.78, 5) is 30.1. The van der Waals surface area contributed by atoms with E-state index in [1.54, 1.807) is 11.0 Å². The average molecular weight is 483 g/mol. The molecule has 4 aromatic rings. The van der Waals surface area contributed by atoms with Crippen molar-refractivity contribution in [2.45, 2.75) is 32.7 Å². The first kappa shape index (κ1) is 22.2. The van der Waals surface area contributed by atoms with Gasteiger partial charge >= 0.3 is 0 Å². The fourth-order valence-electron chi connectivity index (χ4n) is 4.47. The number of halogens is 3. The molecule has 1 saturated heterocycles. The fourth-order valence-corrected chi connectivity index (χ4v) is 4.68. The second kappa shape index (κ2) is 8.64. The molecule has 5 rings (SSSR count). The van der Waals surface area contributed by atoms with Gasteiger partial charge in [-0.2, -0.15) is 0 Å². The van der Waals surface area contributed by atoms with Crippen LogP contribution in [0.2, 0.25) is 5.02 Å². The highest BCUT2D eigenvalue weighted by molar-refractivity contribution is 6.32. The summed E-state index contributed by atoms with van der Waals surface area (Å²) in [5.41, 5.74) is 3.90. The first-order valence-electron chi connectivity index (χ1n) is 10.8. The predicted molar refractivity (Wildman–Crippen MR) is 127 cm³/mol. The summed E-state index contributed by atoms with van der Waals surface area (Å²) in [6.07, 6.45) is 4.04. The third-order valence-corrected chi connectivity index (χ3v) is 6.45. The van der Waals surface area contributed by atoms with Gasteiger partial charge in [0, 0.05) is 29.6 Å². The van der Waals surface area contributed by atoms with Crippen LogP contribution in [0.15, 0.2) is 36.9 Å². The molecule has 0 radical (unpaired) electrons. The van der Waals surface area contributed by atoms with Crippen LogP contribution in [0.5, 0.6) is 0 Å². The van der Waals surface area contributed by atoms with E-state index < -0.39 is 17.7 Å². The summed E-state index contributed by atoms with van der Waals surface area (Å²) in [6, 6.07) is 4.71. The molecule has 0 spiro atoms. The molecule has 1 unspecified atom stereocenters. The van der Waals surface area contributed by atoms with Crippen molar-refractivity contribution < 1.29 is 13.6 Å². The Morgan fingerprint density at radius 1 is 1.15 bits per heavy atom. The number of hydrogen-bond donors (Lipinski definition) is 2. The van der Waals surface area contributed by atoms with Gasteiger partial charge in [0.15, 0.2) is 11.5 Å². The minimum absolute atomic E-state index is 0.0518. The molecule has 0 saturated carbocycles. The molecule has 1 atom stereocenters. The maximum Gasteiger partial charge on any atom is 0.227 e. The standard InChI is InChI=1S/C24H21ClF2N6O/c1-12-18(25)9-17(13(2)32-24-21-23(29-10-28-21)30-11-31-24)20(14-6-15(26)8-16(27)7-14)22(12)33-5-3-4-19(33)34/h6-11,13H,3-5H2,1-2H3,(H2,28,29,30,31,32). The maximum atomic E-state index is 14.3. The lowest BCUT2D eigenvalue weighted by atomic mass is 9.90. The van der Waals surface area contributed by atoms with Gasteiger partial charge in [-0.15, -0.1) is 0 Å². The summed E-state index contributed by atoms with van der Waals surface area (Å²) < 4.78 is 28.6. The molecule has 7 nitrogen and oxygen atoms in total. The van der Waals surface area contributed by atoms with Crippen molar-refractivity contribution in [2.75, 3.05) is 16.8 Å². The van der Waals surface area contributed by atoms with Gasteiger partial charge in [0.1, 0.15) is 23.5 Å². The molecule has 10 heteroatoms. The summed E-state index contributed by atoms with van der Waals surface area (Å²) in [6.45, 7) is 4.20. The van der Waals surface area contributed by atoms with Crippen LogP contribution in [0.4, 0.5) is 20.3 Å². The highest BCUT2D eigenvalue weighted by Crippen LogP contribution is 2.45. The number of hydrogen-bond acceptors (Lipinski definition) is 5. The van der Waals surface area contributed by atoms with Gasteiger partial charge in [0.05, 0.1) is 18.1 Å². The highest BCUT2D eigenvalue weighted by Gasteiger charge is 2.30. The van der Waals surface area contributed by atoms with E-state index in [0.717, 1.165) is 6.07 Å². The average Bonchev–Trinajstić information content (AvgIpc) is 3.44. The number of rotatable bonds is 5. The number of anilines is 2. The predicted octanol–water partition coefficient (Wildman–Crippen LogP) is 5.56. The summed E-state index contributed by atoms with van der Waals surface area (Å²) in [7, 11) is 0. The molecule has 1 fully saturated rings. The number of aromatic nitrogens is 4. The molecule has 2 aromatic heterocycles. The van der Waals surface area contributed by atoms with Gasteiger partial charge in [-0.1, -0.05) is 11.6 Å². The Morgan fingerprint density at radius 2 is 1.91 bits per heavy atom. The van der Waals surface area contributed by atoms with Crippen molar-refractivity contribution in [3.63, 3.8) is 0 Å². The topological polar surface area (TPSA) is 86.8 Å². The summed E-state index contributed by atoms with van der Waals surface area (Å²) in [5, 5.41) is 3.77. The number of carbonyl (C=O) groups is 1. The number of carbonyl (C=O) groups excluding carboxylic acids is 1. The van der Waals surface area contributed by atoms with Gasteiger partial charge in [-0.3, -0.25) is 4.79 Å². The van der Waals surface area contributed by atoms with Crippen LogP contribution in [-0.2, 0) is 4.79 Å². The number of nitrogens with one attached hydrogen (secondary N) is 2. The second-order valence-corrected chi connectivity index (χ2v) is 8.70. The largest absolute Gasteiger partial charge is 0.362 e. The van der Waals surface area contributed by atoms with Crippen molar-refractivity contribution in [1.29, 1.82) is 0 Å². The Balaban J connectivity index is 1.72. The van der Waals surface area contributed by atoms with Crippen LogP contribution in [0.3, 0.4) is 0 Å². The molecule has 0 bridgehead atoms. The van der Waals surface area contributed by atoms with E-state index in [2.05, 4.69) is 25.3 Å². The highest BCUT2D eigenvalue weighted by atomic mass is 35.5. The minimum Gasteiger partial charge on any atom is -0.362 e. The van der Waals surface area contributed by atoms with Crippen LogP contribution >= 0.6 is 11.6 Å². The first-order chi connectivity index (χ1) is 16.3. The Bertz CT molecular complexity index is 1400. The number of imidazole rings is 1. The molecule has 34 heavy (non-hydrogen) atoms. The molecule has 174 valence electrons. The smallest absolute Gasteiger partial charge is 0.227 e. The van der Waals surface area contributed by atoms with Gasteiger partial charge in [0.2, 0.25) is 5.91 Å². The number of aromatic amines is 1. The Morgan fingerprint density at radius 3 is 2.62 bits per heavy atom. The van der Waals surface area contributed by atoms with Crippen LogP contribution in [0, 0.1) is 18.6 Å². The van der Waals surface area contributed by atoms with Crippen molar-refractivity contribution >= 4 is 40.2 Å². The Kier molecular flexibility index (Phi) is 5.65.